The van der Waals surface area contributed by atoms with Crippen LogP contribution in [0.4, 0.5) is 13.2 Å². The van der Waals surface area contributed by atoms with E-state index in [1.807, 2.05) is 6.92 Å². The summed E-state index contributed by atoms with van der Waals surface area (Å²) in [7, 11) is 0. The number of rotatable bonds is 4. The van der Waals surface area contributed by atoms with Crippen LogP contribution in [0.3, 0.4) is 0 Å². The van der Waals surface area contributed by atoms with Crippen molar-refractivity contribution in [3.8, 4) is 0 Å². The predicted molar refractivity (Wildman–Crippen MR) is 71.3 cm³/mol. The van der Waals surface area contributed by atoms with Gasteiger partial charge in [-0.15, -0.1) is 21.5 Å². The first kappa shape index (κ1) is 14.9. The second-order valence-corrected chi connectivity index (χ2v) is 5.67. The Morgan fingerprint density at radius 1 is 1.25 bits per heavy atom. The maximum atomic E-state index is 12.9. The molecular formula is C13H14F3N3S. The second-order valence-electron chi connectivity index (χ2n) is 4.40. The number of nitrogens with one attached hydrogen (secondary N) is 1. The van der Waals surface area contributed by atoms with E-state index in [0.717, 1.165) is 16.1 Å². The Kier molecular flexibility index (Phi) is 4.39. The number of alkyl halides is 3. The van der Waals surface area contributed by atoms with Gasteiger partial charge in [-0.1, -0.05) is 18.2 Å². The van der Waals surface area contributed by atoms with Gasteiger partial charge >= 0.3 is 6.18 Å². The second kappa shape index (κ2) is 5.88. The van der Waals surface area contributed by atoms with Gasteiger partial charge in [0, 0.05) is 6.04 Å². The zero-order chi connectivity index (χ0) is 14.8. The van der Waals surface area contributed by atoms with Gasteiger partial charge in [-0.3, -0.25) is 0 Å². The molecule has 0 spiro atoms. The fourth-order valence-electron chi connectivity index (χ4n) is 1.89. The molecule has 0 amide bonds. The van der Waals surface area contributed by atoms with Crippen LogP contribution in [0.25, 0.3) is 0 Å². The van der Waals surface area contributed by atoms with Gasteiger partial charge in [-0.2, -0.15) is 13.2 Å². The van der Waals surface area contributed by atoms with Gasteiger partial charge in [0.25, 0.3) is 0 Å². The summed E-state index contributed by atoms with van der Waals surface area (Å²) in [6.07, 6.45) is -4.34. The van der Waals surface area contributed by atoms with Crippen LogP contribution in [0, 0.1) is 6.92 Å². The summed E-state index contributed by atoms with van der Waals surface area (Å²) in [4.78, 5) is 0. The molecule has 0 fully saturated rings. The molecule has 1 unspecified atom stereocenters. The summed E-state index contributed by atoms with van der Waals surface area (Å²) < 4.78 is 38.8. The minimum Gasteiger partial charge on any atom is -0.304 e. The Labute approximate surface area is 118 Å². The molecule has 3 nitrogen and oxygen atoms in total. The van der Waals surface area contributed by atoms with Crippen LogP contribution in [0.5, 0.6) is 0 Å². The number of hydrogen-bond acceptors (Lipinski definition) is 4. The lowest BCUT2D eigenvalue weighted by atomic mass is 10.0. The quantitative estimate of drug-likeness (QED) is 0.935. The molecule has 20 heavy (non-hydrogen) atoms. The molecule has 1 aromatic carbocycles. The summed E-state index contributed by atoms with van der Waals surface area (Å²) in [5.74, 6) is 0. The zero-order valence-corrected chi connectivity index (χ0v) is 11.8. The largest absolute Gasteiger partial charge is 0.416 e. The fraction of sp³-hybridized carbons (Fsp3) is 0.385. The van der Waals surface area contributed by atoms with Crippen LogP contribution in [-0.4, -0.2) is 10.2 Å². The van der Waals surface area contributed by atoms with Crippen LogP contribution >= 0.6 is 11.3 Å². The van der Waals surface area contributed by atoms with Gasteiger partial charge in [0.1, 0.15) is 10.0 Å². The van der Waals surface area contributed by atoms with Gasteiger partial charge < -0.3 is 5.32 Å². The highest BCUT2D eigenvalue weighted by molar-refractivity contribution is 7.11. The van der Waals surface area contributed by atoms with E-state index in [2.05, 4.69) is 15.5 Å². The molecule has 0 saturated carbocycles. The third-order valence-electron chi connectivity index (χ3n) is 2.86. The van der Waals surface area contributed by atoms with Crippen molar-refractivity contribution < 1.29 is 13.2 Å². The predicted octanol–water partition coefficient (Wildman–Crippen LogP) is 3.72. The molecule has 7 heteroatoms. The first-order valence-corrected chi connectivity index (χ1v) is 6.88. The Morgan fingerprint density at radius 3 is 2.55 bits per heavy atom. The minimum absolute atomic E-state index is 0.237. The summed E-state index contributed by atoms with van der Waals surface area (Å²) in [6.45, 7) is 3.95. The molecule has 1 atom stereocenters. The van der Waals surface area contributed by atoms with E-state index in [0.29, 0.717) is 6.54 Å². The first-order chi connectivity index (χ1) is 9.38. The third kappa shape index (κ3) is 3.55. The summed E-state index contributed by atoms with van der Waals surface area (Å²) in [5, 5.41) is 12.5. The van der Waals surface area contributed by atoms with E-state index in [9.17, 15) is 13.2 Å². The highest BCUT2D eigenvalue weighted by Gasteiger charge is 2.34. The molecular weight excluding hydrogens is 287 g/mol. The standard InChI is InChI=1S/C13H14F3N3S/c1-8(17-7-12-19-18-9(2)20-12)10-5-3-4-6-11(10)13(14,15)16/h3-6,8,17H,7H2,1-2H3. The van der Waals surface area contributed by atoms with Gasteiger partial charge in [0.2, 0.25) is 0 Å². The number of nitrogens with zero attached hydrogens (tertiary/aromatic N) is 2. The topological polar surface area (TPSA) is 37.8 Å². The van der Waals surface area contributed by atoms with E-state index in [4.69, 9.17) is 0 Å². The smallest absolute Gasteiger partial charge is 0.304 e. The summed E-state index contributed by atoms with van der Waals surface area (Å²) in [6, 6.07) is 5.18. The Balaban J connectivity index is 2.11. The number of aromatic nitrogens is 2. The first-order valence-electron chi connectivity index (χ1n) is 6.06. The lowest BCUT2D eigenvalue weighted by Crippen LogP contribution is -2.21. The molecule has 108 valence electrons. The number of benzene rings is 1. The molecule has 1 N–H and O–H groups in total. The van der Waals surface area contributed by atoms with Crippen LogP contribution in [0.15, 0.2) is 24.3 Å². The highest BCUT2D eigenvalue weighted by atomic mass is 32.1. The van der Waals surface area contributed by atoms with Crippen LogP contribution < -0.4 is 5.32 Å². The van der Waals surface area contributed by atoms with Crippen molar-refractivity contribution in [1.82, 2.24) is 15.5 Å². The van der Waals surface area contributed by atoms with E-state index in [-0.39, 0.29) is 5.56 Å². The summed E-state index contributed by atoms with van der Waals surface area (Å²) >= 11 is 1.43. The SMILES string of the molecule is Cc1nnc(CNC(C)c2ccccc2C(F)(F)F)s1. The van der Waals surface area contributed by atoms with E-state index >= 15 is 0 Å². The molecule has 0 radical (unpaired) electrons. The molecule has 0 aliphatic carbocycles. The molecule has 1 heterocycles. The van der Waals surface area contributed by atoms with Crippen molar-refractivity contribution in [2.45, 2.75) is 32.6 Å². The Bertz CT molecular complexity index is 580. The lowest BCUT2D eigenvalue weighted by Gasteiger charge is -2.18. The third-order valence-corrected chi connectivity index (χ3v) is 3.70. The molecule has 2 aromatic rings. The van der Waals surface area contributed by atoms with E-state index in [1.165, 1.54) is 23.5 Å². The molecule has 0 aliphatic heterocycles. The summed E-state index contributed by atoms with van der Waals surface area (Å²) in [5.41, 5.74) is -0.366. The lowest BCUT2D eigenvalue weighted by molar-refractivity contribution is -0.138. The van der Waals surface area contributed by atoms with Gasteiger partial charge in [-0.25, -0.2) is 0 Å². The van der Waals surface area contributed by atoms with Crippen LogP contribution in [-0.2, 0) is 12.7 Å². The zero-order valence-electron chi connectivity index (χ0n) is 11.0. The van der Waals surface area contributed by atoms with Gasteiger partial charge in [0.05, 0.1) is 12.1 Å². The van der Waals surface area contributed by atoms with Gasteiger partial charge in [0.15, 0.2) is 0 Å². The van der Waals surface area contributed by atoms with Crippen molar-refractivity contribution >= 4 is 11.3 Å². The van der Waals surface area contributed by atoms with Crippen molar-refractivity contribution in [3.05, 3.63) is 45.4 Å². The number of halogens is 3. The average molecular weight is 301 g/mol. The molecule has 0 saturated heterocycles. The monoisotopic (exact) mass is 301 g/mol. The number of hydrogen-bond donors (Lipinski definition) is 1. The minimum atomic E-state index is -4.34. The maximum Gasteiger partial charge on any atom is 0.416 e. The van der Waals surface area contributed by atoms with E-state index < -0.39 is 17.8 Å². The van der Waals surface area contributed by atoms with Crippen LogP contribution in [0.1, 0.15) is 34.1 Å². The van der Waals surface area contributed by atoms with E-state index in [1.54, 1.807) is 13.0 Å². The highest BCUT2D eigenvalue weighted by Crippen LogP contribution is 2.34. The molecule has 0 aliphatic rings. The fourth-order valence-corrected chi connectivity index (χ4v) is 2.55. The Hall–Kier alpha value is -1.47. The van der Waals surface area contributed by atoms with Crippen molar-refractivity contribution in [3.63, 3.8) is 0 Å². The van der Waals surface area contributed by atoms with Crippen LogP contribution in [0.2, 0.25) is 0 Å². The normalized spacial score (nSPS) is 13.4. The van der Waals surface area contributed by atoms with Crippen molar-refractivity contribution in [1.29, 1.82) is 0 Å². The maximum absolute atomic E-state index is 12.9. The molecule has 1 aromatic heterocycles. The Morgan fingerprint density at radius 2 is 1.95 bits per heavy atom. The van der Waals surface area contributed by atoms with Crippen molar-refractivity contribution in [2.75, 3.05) is 0 Å². The number of aryl methyl sites for hydroxylation is 1. The molecule has 2 rings (SSSR count). The molecule has 0 bridgehead atoms. The van der Waals surface area contributed by atoms with Gasteiger partial charge in [-0.05, 0) is 25.5 Å². The van der Waals surface area contributed by atoms with Crippen molar-refractivity contribution in [2.24, 2.45) is 0 Å². The average Bonchev–Trinajstić information content (AvgIpc) is 2.81.